The van der Waals surface area contributed by atoms with Crippen LogP contribution in [-0.4, -0.2) is 54.7 Å². The number of aliphatic hydroxyl groups is 1. The second-order valence-electron chi connectivity index (χ2n) is 5.08. The monoisotopic (exact) mass is 282 g/mol. The van der Waals surface area contributed by atoms with Crippen LogP contribution in [0, 0.1) is 0 Å². The van der Waals surface area contributed by atoms with Gasteiger partial charge in [-0.15, -0.1) is 0 Å². The first kappa shape index (κ1) is 15.0. The van der Waals surface area contributed by atoms with Crippen LogP contribution in [0.4, 0.5) is 0 Å². The highest BCUT2D eigenvalue weighted by Gasteiger charge is 2.34. The lowest BCUT2D eigenvalue weighted by molar-refractivity contribution is 0.0123. The zero-order valence-electron chi connectivity index (χ0n) is 11.8. The number of methoxy groups -OCH3 is 1. The predicted octanol–water partition coefficient (Wildman–Crippen LogP) is 0.406. The zero-order valence-corrected chi connectivity index (χ0v) is 11.8. The second kappa shape index (κ2) is 6.88. The van der Waals surface area contributed by atoms with Gasteiger partial charge in [-0.05, 0) is 25.0 Å². The molecular formula is C14H22N2O4. The van der Waals surface area contributed by atoms with Crippen LogP contribution in [0.5, 0.6) is 0 Å². The van der Waals surface area contributed by atoms with Crippen molar-refractivity contribution in [1.29, 1.82) is 0 Å². The van der Waals surface area contributed by atoms with Gasteiger partial charge in [0.05, 0.1) is 18.8 Å². The van der Waals surface area contributed by atoms with Gasteiger partial charge in [-0.2, -0.15) is 0 Å². The number of aromatic nitrogens is 1. The number of ether oxygens (including phenoxy) is 2. The van der Waals surface area contributed by atoms with Crippen molar-refractivity contribution in [2.24, 2.45) is 0 Å². The van der Waals surface area contributed by atoms with E-state index in [0.717, 1.165) is 0 Å². The number of carbonyl (C=O) groups excluding carboxylic acids is 1. The van der Waals surface area contributed by atoms with Gasteiger partial charge in [-0.1, -0.05) is 0 Å². The fraction of sp³-hybridized carbons (Fsp3) is 0.643. The van der Waals surface area contributed by atoms with Crippen LogP contribution in [0.2, 0.25) is 0 Å². The molecule has 2 N–H and O–H groups in total. The highest BCUT2D eigenvalue weighted by atomic mass is 16.5. The van der Waals surface area contributed by atoms with Crippen molar-refractivity contribution >= 4 is 5.91 Å². The SMILES string of the molecule is COCCn1cccc1C(=O)NC1(CO)CCOCC1. The summed E-state index contributed by atoms with van der Waals surface area (Å²) in [6.45, 7) is 2.23. The summed E-state index contributed by atoms with van der Waals surface area (Å²) in [6, 6.07) is 3.61. The highest BCUT2D eigenvalue weighted by molar-refractivity contribution is 5.93. The van der Waals surface area contributed by atoms with E-state index in [1.54, 1.807) is 13.2 Å². The Morgan fingerprint density at radius 3 is 2.95 bits per heavy atom. The normalized spacial score (nSPS) is 17.9. The molecule has 1 aromatic heterocycles. The van der Waals surface area contributed by atoms with Gasteiger partial charge >= 0.3 is 0 Å². The van der Waals surface area contributed by atoms with Crippen molar-refractivity contribution in [3.63, 3.8) is 0 Å². The fourth-order valence-electron chi connectivity index (χ4n) is 2.39. The number of carbonyl (C=O) groups is 1. The van der Waals surface area contributed by atoms with Gasteiger partial charge in [0.25, 0.3) is 5.91 Å². The summed E-state index contributed by atoms with van der Waals surface area (Å²) < 4.78 is 12.2. The topological polar surface area (TPSA) is 72.7 Å². The molecule has 1 aliphatic heterocycles. The summed E-state index contributed by atoms with van der Waals surface area (Å²) in [6.07, 6.45) is 3.12. The van der Waals surface area contributed by atoms with Crippen LogP contribution in [-0.2, 0) is 16.0 Å². The first-order valence-corrected chi connectivity index (χ1v) is 6.86. The molecule has 0 bridgehead atoms. The van der Waals surface area contributed by atoms with Crippen molar-refractivity contribution < 1.29 is 19.4 Å². The molecule has 2 heterocycles. The summed E-state index contributed by atoms with van der Waals surface area (Å²) in [5.74, 6) is -0.165. The zero-order chi connectivity index (χ0) is 14.4. The number of amides is 1. The minimum atomic E-state index is -0.564. The molecule has 1 aromatic rings. The third-order valence-corrected chi connectivity index (χ3v) is 3.73. The van der Waals surface area contributed by atoms with Gasteiger partial charge in [0.1, 0.15) is 5.69 Å². The Hall–Kier alpha value is -1.37. The van der Waals surface area contributed by atoms with E-state index in [1.165, 1.54) is 0 Å². The Balaban J connectivity index is 2.05. The van der Waals surface area contributed by atoms with Crippen LogP contribution < -0.4 is 5.32 Å². The number of hydrogen-bond donors (Lipinski definition) is 2. The maximum atomic E-state index is 12.4. The second-order valence-corrected chi connectivity index (χ2v) is 5.08. The van der Waals surface area contributed by atoms with Crippen LogP contribution in [0.15, 0.2) is 18.3 Å². The Kier molecular flexibility index (Phi) is 5.17. The molecule has 20 heavy (non-hydrogen) atoms. The minimum absolute atomic E-state index is 0.0686. The van der Waals surface area contributed by atoms with Gasteiger partial charge < -0.3 is 24.5 Å². The smallest absolute Gasteiger partial charge is 0.268 e. The molecule has 6 nitrogen and oxygen atoms in total. The van der Waals surface area contributed by atoms with Crippen LogP contribution in [0.1, 0.15) is 23.3 Å². The summed E-state index contributed by atoms with van der Waals surface area (Å²) in [5, 5.41) is 12.6. The van der Waals surface area contributed by atoms with E-state index in [2.05, 4.69) is 5.32 Å². The molecule has 0 radical (unpaired) electrons. The molecule has 6 heteroatoms. The van der Waals surface area contributed by atoms with E-state index in [0.29, 0.717) is 44.9 Å². The van der Waals surface area contributed by atoms with Gasteiger partial charge in [0, 0.05) is 33.1 Å². The number of aliphatic hydroxyl groups excluding tert-OH is 1. The Morgan fingerprint density at radius 1 is 1.55 bits per heavy atom. The van der Waals surface area contributed by atoms with E-state index < -0.39 is 5.54 Å². The average Bonchev–Trinajstić information content (AvgIpc) is 2.94. The molecular weight excluding hydrogens is 260 g/mol. The molecule has 0 spiro atoms. The first-order valence-electron chi connectivity index (χ1n) is 6.86. The molecule has 0 unspecified atom stereocenters. The molecule has 1 fully saturated rings. The maximum Gasteiger partial charge on any atom is 0.268 e. The first-order chi connectivity index (χ1) is 9.71. The van der Waals surface area contributed by atoms with Crippen molar-refractivity contribution in [2.45, 2.75) is 24.9 Å². The van der Waals surface area contributed by atoms with E-state index >= 15 is 0 Å². The molecule has 1 saturated heterocycles. The van der Waals surface area contributed by atoms with Crippen LogP contribution >= 0.6 is 0 Å². The van der Waals surface area contributed by atoms with E-state index in [4.69, 9.17) is 9.47 Å². The van der Waals surface area contributed by atoms with Crippen molar-refractivity contribution in [3.05, 3.63) is 24.0 Å². The highest BCUT2D eigenvalue weighted by Crippen LogP contribution is 2.20. The van der Waals surface area contributed by atoms with Crippen molar-refractivity contribution in [1.82, 2.24) is 9.88 Å². The van der Waals surface area contributed by atoms with E-state index in [-0.39, 0.29) is 12.5 Å². The third-order valence-electron chi connectivity index (χ3n) is 3.73. The summed E-state index contributed by atoms with van der Waals surface area (Å²) in [4.78, 5) is 12.4. The molecule has 0 saturated carbocycles. The lowest BCUT2D eigenvalue weighted by atomic mass is 9.91. The van der Waals surface area contributed by atoms with E-state index in [1.807, 2.05) is 16.8 Å². The minimum Gasteiger partial charge on any atom is -0.394 e. The van der Waals surface area contributed by atoms with Crippen LogP contribution in [0.3, 0.4) is 0 Å². The maximum absolute atomic E-state index is 12.4. The standard InChI is InChI=1S/C14H22N2O4/c1-19-10-7-16-6-2-3-12(16)13(18)15-14(11-17)4-8-20-9-5-14/h2-3,6,17H,4-5,7-11H2,1H3,(H,15,18). The molecule has 0 aromatic carbocycles. The number of rotatable bonds is 6. The molecule has 1 aliphatic rings. The largest absolute Gasteiger partial charge is 0.394 e. The molecule has 0 aliphatic carbocycles. The van der Waals surface area contributed by atoms with Crippen molar-refractivity contribution in [3.8, 4) is 0 Å². The lowest BCUT2D eigenvalue weighted by Gasteiger charge is -2.36. The summed E-state index contributed by atoms with van der Waals surface area (Å²) in [7, 11) is 1.63. The van der Waals surface area contributed by atoms with Crippen molar-refractivity contribution in [2.75, 3.05) is 33.5 Å². The summed E-state index contributed by atoms with van der Waals surface area (Å²) >= 11 is 0. The predicted molar refractivity (Wildman–Crippen MR) is 73.6 cm³/mol. The quantitative estimate of drug-likeness (QED) is 0.792. The molecule has 2 rings (SSSR count). The Bertz CT molecular complexity index is 438. The summed E-state index contributed by atoms with van der Waals surface area (Å²) in [5.41, 5.74) is 0.0208. The average molecular weight is 282 g/mol. The number of hydrogen-bond acceptors (Lipinski definition) is 4. The van der Waals surface area contributed by atoms with Gasteiger partial charge in [0.2, 0.25) is 0 Å². The number of nitrogens with zero attached hydrogens (tertiary/aromatic N) is 1. The van der Waals surface area contributed by atoms with E-state index in [9.17, 15) is 9.90 Å². The van der Waals surface area contributed by atoms with Crippen LogP contribution in [0.25, 0.3) is 0 Å². The van der Waals surface area contributed by atoms with Gasteiger partial charge in [-0.25, -0.2) is 0 Å². The van der Waals surface area contributed by atoms with Gasteiger partial charge in [0.15, 0.2) is 0 Å². The third kappa shape index (κ3) is 3.39. The number of nitrogens with one attached hydrogen (secondary N) is 1. The molecule has 0 atom stereocenters. The molecule has 1 amide bonds. The fourth-order valence-corrected chi connectivity index (χ4v) is 2.39. The molecule has 112 valence electrons. The lowest BCUT2D eigenvalue weighted by Crippen LogP contribution is -2.54. The Morgan fingerprint density at radius 2 is 2.30 bits per heavy atom. The Labute approximate surface area is 118 Å². The van der Waals surface area contributed by atoms with Gasteiger partial charge in [-0.3, -0.25) is 4.79 Å².